The summed E-state index contributed by atoms with van der Waals surface area (Å²) in [5.41, 5.74) is 2.03. The zero-order valence-corrected chi connectivity index (χ0v) is 15.0. The summed E-state index contributed by atoms with van der Waals surface area (Å²) in [6, 6.07) is 10.1. The van der Waals surface area contributed by atoms with E-state index in [4.69, 9.17) is 39.5 Å². The first-order chi connectivity index (χ1) is 11.3. The van der Waals surface area contributed by atoms with Crippen molar-refractivity contribution in [1.29, 1.82) is 0 Å². The van der Waals surface area contributed by atoms with Crippen molar-refractivity contribution in [3.8, 4) is 5.75 Å². The van der Waals surface area contributed by atoms with E-state index in [1.165, 1.54) is 36.4 Å². The van der Waals surface area contributed by atoms with E-state index < -0.39 is 22.5 Å². The number of benzene rings is 2. The minimum absolute atomic E-state index is 0.0861. The first-order valence-electron chi connectivity index (χ1n) is 6.42. The summed E-state index contributed by atoms with van der Waals surface area (Å²) < 4.78 is 29.2. The van der Waals surface area contributed by atoms with E-state index in [0.717, 1.165) is 0 Å². The maximum Gasteiger partial charge on any atom is 0.272 e. The van der Waals surface area contributed by atoms with Crippen LogP contribution >= 0.6 is 34.8 Å². The molecule has 24 heavy (non-hydrogen) atoms. The van der Waals surface area contributed by atoms with Crippen LogP contribution in [0.4, 0.5) is 0 Å². The van der Waals surface area contributed by atoms with Crippen LogP contribution in [0.15, 0.2) is 47.4 Å². The van der Waals surface area contributed by atoms with Gasteiger partial charge in [0.15, 0.2) is 6.61 Å². The van der Waals surface area contributed by atoms with Gasteiger partial charge in [0.25, 0.3) is 15.9 Å². The number of amides is 1. The summed E-state index contributed by atoms with van der Waals surface area (Å²) in [4.78, 5) is 13.5. The van der Waals surface area contributed by atoms with Gasteiger partial charge in [-0.25, -0.2) is 8.42 Å². The molecule has 0 aromatic heterocycles. The summed E-state index contributed by atoms with van der Waals surface area (Å²) in [5.74, 6) is -0.472. The molecule has 0 aliphatic carbocycles. The SMILES string of the molecule is O=C(COc1ccc(Cl)cc1Cl)NNS(=O)(=O)c1cccc(Cl)c1. The summed E-state index contributed by atoms with van der Waals surface area (Å²) in [6.45, 7) is -0.445. The highest BCUT2D eigenvalue weighted by Crippen LogP contribution is 2.27. The largest absolute Gasteiger partial charge is 0.482 e. The first kappa shape index (κ1) is 18.8. The van der Waals surface area contributed by atoms with Gasteiger partial charge in [-0.15, -0.1) is 4.83 Å². The van der Waals surface area contributed by atoms with Gasteiger partial charge in [-0.1, -0.05) is 40.9 Å². The van der Waals surface area contributed by atoms with E-state index >= 15 is 0 Å². The molecule has 0 spiro atoms. The van der Waals surface area contributed by atoms with Crippen molar-refractivity contribution in [2.24, 2.45) is 0 Å². The number of sulfonamides is 1. The first-order valence-corrected chi connectivity index (χ1v) is 9.04. The Morgan fingerprint density at radius 2 is 1.75 bits per heavy atom. The van der Waals surface area contributed by atoms with Gasteiger partial charge in [0, 0.05) is 10.0 Å². The van der Waals surface area contributed by atoms with Gasteiger partial charge in [0.1, 0.15) is 5.75 Å². The Hall–Kier alpha value is -1.51. The smallest absolute Gasteiger partial charge is 0.272 e. The van der Waals surface area contributed by atoms with Gasteiger partial charge in [0.05, 0.1) is 9.92 Å². The van der Waals surface area contributed by atoms with Gasteiger partial charge >= 0.3 is 0 Å². The molecule has 10 heteroatoms. The van der Waals surface area contributed by atoms with E-state index in [1.54, 1.807) is 6.07 Å². The van der Waals surface area contributed by atoms with E-state index in [1.807, 2.05) is 10.3 Å². The third-order valence-electron chi connectivity index (χ3n) is 2.68. The molecule has 0 unspecified atom stereocenters. The highest BCUT2D eigenvalue weighted by Gasteiger charge is 2.15. The lowest BCUT2D eigenvalue weighted by Crippen LogP contribution is -2.43. The van der Waals surface area contributed by atoms with Crippen molar-refractivity contribution in [3.63, 3.8) is 0 Å². The molecule has 0 saturated heterocycles. The number of nitrogens with one attached hydrogen (secondary N) is 2. The lowest BCUT2D eigenvalue weighted by Gasteiger charge is -2.10. The van der Waals surface area contributed by atoms with Crippen LogP contribution in [0, 0.1) is 0 Å². The maximum atomic E-state index is 12.0. The van der Waals surface area contributed by atoms with Crippen molar-refractivity contribution < 1.29 is 17.9 Å². The Morgan fingerprint density at radius 1 is 1.04 bits per heavy atom. The van der Waals surface area contributed by atoms with Crippen LogP contribution in [-0.4, -0.2) is 20.9 Å². The summed E-state index contributed by atoms with van der Waals surface area (Å²) in [5, 5.41) is 0.908. The second-order valence-electron chi connectivity index (χ2n) is 4.47. The summed E-state index contributed by atoms with van der Waals surface area (Å²) in [7, 11) is -3.94. The number of hydrogen-bond acceptors (Lipinski definition) is 4. The molecular weight excluding hydrogens is 399 g/mol. The summed E-state index contributed by atoms with van der Waals surface area (Å²) in [6.07, 6.45) is 0. The predicted molar refractivity (Wildman–Crippen MR) is 91.9 cm³/mol. The van der Waals surface area contributed by atoms with Crippen LogP contribution in [0.1, 0.15) is 0 Å². The van der Waals surface area contributed by atoms with Gasteiger partial charge < -0.3 is 4.74 Å². The van der Waals surface area contributed by atoms with Crippen molar-refractivity contribution >= 4 is 50.7 Å². The molecule has 2 rings (SSSR count). The molecule has 0 bridgehead atoms. The second-order valence-corrected chi connectivity index (χ2v) is 7.44. The van der Waals surface area contributed by atoms with Crippen LogP contribution < -0.4 is 15.0 Å². The summed E-state index contributed by atoms with van der Waals surface area (Å²) >= 11 is 17.4. The van der Waals surface area contributed by atoms with Crippen molar-refractivity contribution in [2.75, 3.05) is 6.61 Å². The number of carbonyl (C=O) groups excluding carboxylic acids is 1. The molecule has 0 aliphatic rings. The highest BCUT2D eigenvalue weighted by molar-refractivity contribution is 7.89. The molecular formula is C14H11Cl3N2O4S. The van der Waals surface area contributed by atoms with Crippen LogP contribution in [0.25, 0.3) is 0 Å². The van der Waals surface area contributed by atoms with Crippen molar-refractivity contribution in [3.05, 3.63) is 57.5 Å². The number of rotatable bonds is 6. The Balaban J connectivity index is 1.91. The van der Waals surface area contributed by atoms with E-state index in [0.29, 0.717) is 5.02 Å². The molecule has 0 fully saturated rings. The topological polar surface area (TPSA) is 84.5 Å². The fraction of sp³-hybridized carbons (Fsp3) is 0.0714. The lowest BCUT2D eigenvalue weighted by molar-refractivity contribution is -0.123. The average Bonchev–Trinajstić information content (AvgIpc) is 2.52. The zero-order valence-electron chi connectivity index (χ0n) is 11.9. The molecule has 1 amide bonds. The lowest BCUT2D eigenvalue weighted by atomic mass is 10.3. The molecule has 0 aliphatic heterocycles. The molecule has 2 aromatic rings. The molecule has 0 atom stereocenters. The van der Waals surface area contributed by atoms with E-state index in [-0.39, 0.29) is 20.7 Å². The minimum atomic E-state index is -3.94. The zero-order chi connectivity index (χ0) is 17.7. The molecule has 0 saturated carbocycles. The fourth-order valence-electron chi connectivity index (χ4n) is 1.59. The Kier molecular flexibility index (Phi) is 6.31. The van der Waals surface area contributed by atoms with E-state index in [9.17, 15) is 13.2 Å². The molecule has 0 radical (unpaired) electrons. The predicted octanol–water partition coefficient (Wildman–Crippen LogP) is 3.04. The van der Waals surface area contributed by atoms with Crippen LogP contribution in [0.5, 0.6) is 5.75 Å². The van der Waals surface area contributed by atoms with Gasteiger partial charge in [-0.3, -0.25) is 10.2 Å². The molecule has 128 valence electrons. The third-order valence-corrected chi connectivity index (χ3v) is 4.69. The molecule has 2 N–H and O–H groups in total. The maximum absolute atomic E-state index is 12.0. The Morgan fingerprint density at radius 3 is 2.42 bits per heavy atom. The third kappa shape index (κ3) is 5.25. The number of ether oxygens (including phenoxy) is 1. The monoisotopic (exact) mass is 408 g/mol. The van der Waals surface area contributed by atoms with Crippen molar-refractivity contribution in [1.82, 2.24) is 10.3 Å². The number of hydrazine groups is 1. The van der Waals surface area contributed by atoms with Gasteiger partial charge in [-0.05, 0) is 36.4 Å². The van der Waals surface area contributed by atoms with Crippen LogP contribution in [-0.2, 0) is 14.8 Å². The average molecular weight is 410 g/mol. The molecule has 6 nitrogen and oxygen atoms in total. The number of carbonyl (C=O) groups is 1. The molecule has 0 heterocycles. The normalized spacial score (nSPS) is 11.1. The Bertz CT molecular complexity index is 859. The second kappa shape index (κ2) is 8.04. The fourth-order valence-corrected chi connectivity index (χ4v) is 3.21. The minimum Gasteiger partial charge on any atom is -0.482 e. The van der Waals surface area contributed by atoms with E-state index in [2.05, 4.69) is 0 Å². The van der Waals surface area contributed by atoms with Gasteiger partial charge in [-0.2, -0.15) is 0 Å². The quantitative estimate of drug-likeness (QED) is 0.718. The van der Waals surface area contributed by atoms with Crippen LogP contribution in [0.3, 0.4) is 0 Å². The molecule has 2 aromatic carbocycles. The Labute approximate surface area is 153 Å². The number of halogens is 3. The standard InChI is InChI=1S/C14H11Cl3N2O4S/c15-9-2-1-3-11(6-9)24(21,22)19-18-14(20)8-23-13-5-4-10(16)7-12(13)17/h1-7,19H,8H2,(H,18,20). The highest BCUT2D eigenvalue weighted by atomic mass is 35.5. The van der Waals surface area contributed by atoms with Gasteiger partial charge in [0.2, 0.25) is 0 Å². The van der Waals surface area contributed by atoms with Crippen LogP contribution in [0.2, 0.25) is 15.1 Å². The van der Waals surface area contributed by atoms with Crippen molar-refractivity contribution in [2.45, 2.75) is 4.90 Å². The number of hydrogen-bond donors (Lipinski definition) is 2.